The number of H-pyrrole nitrogens is 1. The zero-order chi connectivity index (χ0) is 12.4. The lowest BCUT2D eigenvalue weighted by Gasteiger charge is -2.07. The first-order valence-corrected chi connectivity index (χ1v) is 5.67. The summed E-state index contributed by atoms with van der Waals surface area (Å²) in [5.74, 6) is 0.509. The van der Waals surface area contributed by atoms with Gasteiger partial charge in [0.05, 0.1) is 5.69 Å². The molecule has 0 spiro atoms. The van der Waals surface area contributed by atoms with E-state index in [1.54, 1.807) is 6.07 Å². The molecular formula is C14H16N2O. The Labute approximate surface area is 100 Å². The van der Waals surface area contributed by atoms with E-state index < -0.39 is 0 Å². The maximum atomic E-state index is 11.4. The fraction of sp³-hybridized carbons (Fsp3) is 0.214. The van der Waals surface area contributed by atoms with Gasteiger partial charge in [0.15, 0.2) is 0 Å². The van der Waals surface area contributed by atoms with Gasteiger partial charge in [0.25, 0.3) is 5.56 Å². The highest BCUT2D eigenvalue weighted by Gasteiger charge is 2.02. The van der Waals surface area contributed by atoms with Gasteiger partial charge in [0, 0.05) is 5.69 Å². The van der Waals surface area contributed by atoms with Crippen molar-refractivity contribution in [2.24, 2.45) is 0 Å². The topological polar surface area (TPSA) is 58.9 Å². The summed E-state index contributed by atoms with van der Waals surface area (Å²) >= 11 is 0. The Balaban J connectivity index is 2.40. The second kappa shape index (κ2) is 4.45. The van der Waals surface area contributed by atoms with Crippen LogP contribution in [0.25, 0.3) is 11.3 Å². The van der Waals surface area contributed by atoms with Crippen LogP contribution in [0.2, 0.25) is 0 Å². The van der Waals surface area contributed by atoms with E-state index in [1.807, 2.05) is 18.2 Å². The number of aromatic amines is 1. The number of nitrogens with one attached hydrogen (secondary N) is 1. The first-order valence-electron chi connectivity index (χ1n) is 5.67. The normalized spacial score (nSPS) is 10.8. The van der Waals surface area contributed by atoms with E-state index in [2.05, 4.69) is 31.0 Å². The van der Waals surface area contributed by atoms with Crippen LogP contribution in [0, 0.1) is 0 Å². The largest absolute Gasteiger partial charge is 0.394 e. The van der Waals surface area contributed by atoms with Crippen molar-refractivity contribution >= 4 is 5.69 Å². The molecule has 0 radical (unpaired) electrons. The zero-order valence-electron chi connectivity index (χ0n) is 10.0. The number of anilines is 1. The Morgan fingerprint density at radius 3 is 2.24 bits per heavy atom. The van der Waals surface area contributed by atoms with Crippen LogP contribution in [-0.2, 0) is 0 Å². The Hall–Kier alpha value is -2.03. The van der Waals surface area contributed by atoms with Gasteiger partial charge in [-0.3, -0.25) is 4.79 Å². The van der Waals surface area contributed by atoms with Crippen molar-refractivity contribution < 1.29 is 0 Å². The number of pyridine rings is 1. The Kier molecular flexibility index (Phi) is 3.00. The van der Waals surface area contributed by atoms with E-state index in [0.29, 0.717) is 5.92 Å². The molecule has 0 atom stereocenters. The average molecular weight is 228 g/mol. The van der Waals surface area contributed by atoms with Gasteiger partial charge in [-0.15, -0.1) is 0 Å². The number of nitrogens with two attached hydrogens (primary N) is 1. The second-order valence-corrected chi connectivity index (χ2v) is 4.43. The summed E-state index contributed by atoms with van der Waals surface area (Å²) in [6.45, 7) is 4.31. The minimum absolute atomic E-state index is 0.240. The molecule has 0 aliphatic heterocycles. The summed E-state index contributed by atoms with van der Waals surface area (Å²) in [6.07, 6.45) is 0. The monoisotopic (exact) mass is 228 g/mol. The van der Waals surface area contributed by atoms with Crippen molar-refractivity contribution in [3.05, 3.63) is 52.3 Å². The quantitative estimate of drug-likeness (QED) is 0.830. The molecule has 0 unspecified atom stereocenters. The molecule has 0 aliphatic carbocycles. The minimum Gasteiger partial charge on any atom is -0.394 e. The van der Waals surface area contributed by atoms with E-state index in [9.17, 15) is 4.79 Å². The average Bonchev–Trinajstić information content (AvgIpc) is 2.33. The number of benzene rings is 1. The third-order valence-electron chi connectivity index (χ3n) is 2.83. The van der Waals surface area contributed by atoms with Crippen molar-refractivity contribution in [3.8, 4) is 11.3 Å². The van der Waals surface area contributed by atoms with Gasteiger partial charge in [0.1, 0.15) is 0 Å². The van der Waals surface area contributed by atoms with Crippen LogP contribution >= 0.6 is 0 Å². The molecule has 2 rings (SSSR count). The first-order chi connectivity index (χ1) is 8.08. The third-order valence-corrected chi connectivity index (χ3v) is 2.83. The smallest absolute Gasteiger partial charge is 0.271 e. The number of hydrogen-bond donors (Lipinski definition) is 2. The molecule has 0 amide bonds. The van der Waals surface area contributed by atoms with E-state index in [4.69, 9.17) is 5.73 Å². The highest BCUT2D eigenvalue weighted by Crippen LogP contribution is 2.20. The van der Waals surface area contributed by atoms with Crippen molar-refractivity contribution in [1.29, 1.82) is 0 Å². The SMILES string of the molecule is CC(C)c1ccc(-c2ccc(N)c(=O)[nH]2)cc1. The van der Waals surface area contributed by atoms with Crippen LogP contribution in [0.15, 0.2) is 41.2 Å². The summed E-state index contributed by atoms with van der Waals surface area (Å²) in [5.41, 5.74) is 8.56. The lowest BCUT2D eigenvalue weighted by atomic mass is 10.0. The fourth-order valence-electron chi connectivity index (χ4n) is 1.70. The van der Waals surface area contributed by atoms with Gasteiger partial charge in [-0.2, -0.15) is 0 Å². The molecule has 3 nitrogen and oxygen atoms in total. The molecule has 0 aliphatic rings. The zero-order valence-corrected chi connectivity index (χ0v) is 10.0. The van der Waals surface area contributed by atoms with Crippen LogP contribution in [0.4, 0.5) is 5.69 Å². The summed E-state index contributed by atoms with van der Waals surface area (Å²) in [7, 11) is 0. The molecule has 0 bridgehead atoms. The molecule has 88 valence electrons. The molecule has 0 fully saturated rings. The van der Waals surface area contributed by atoms with Crippen molar-refractivity contribution in [2.75, 3.05) is 5.73 Å². The lowest BCUT2D eigenvalue weighted by molar-refractivity contribution is 0.867. The second-order valence-electron chi connectivity index (χ2n) is 4.43. The van der Waals surface area contributed by atoms with Crippen LogP contribution < -0.4 is 11.3 Å². The van der Waals surface area contributed by atoms with E-state index >= 15 is 0 Å². The fourth-order valence-corrected chi connectivity index (χ4v) is 1.70. The predicted molar refractivity (Wildman–Crippen MR) is 71.0 cm³/mol. The maximum absolute atomic E-state index is 11.4. The molecule has 3 N–H and O–H groups in total. The number of hydrogen-bond acceptors (Lipinski definition) is 2. The summed E-state index contributed by atoms with van der Waals surface area (Å²) in [4.78, 5) is 14.2. The van der Waals surface area contributed by atoms with Crippen LogP contribution in [0.1, 0.15) is 25.3 Å². The van der Waals surface area contributed by atoms with E-state index in [1.165, 1.54) is 5.56 Å². The predicted octanol–water partition coefficient (Wildman–Crippen LogP) is 2.75. The number of nitrogen functional groups attached to an aromatic ring is 1. The Morgan fingerprint density at radius 2 is 1.71 bits per heavy atom. The molecule has 1 aromatic heterocycles. The summed E-state index contributed by atoms with van der Waals surface area (Å²) in [6, 6.07) is 11.6. The highest BCUT2D eigenvalue weighted by atomic mass is 16.1. The van der Waals surface area contributed by atoms with Crippen molar-refractivity contribution in [1.82, 2.24) is 4.98 Å². The summed E-state index contributed by atoms with van der Waals surface area (Å²) < 4.78 is 0. The third kappa shape index (κ3) is 2.38. The van der Waals surface area contributed by atoms with Gasteiger partial charge in [-0.1, -0.05) is 38.1 Å². The molecule has 17 heavy (non-hydrogen) atoms. The summed E-state index contributed by atoms with van der Waals surface area (Å²) in [5, 5.41) is 0. The van der Waals surface area contributed by atoms with E-state index in [-0.39, 0.29) is 11.2 Å². The molecule has 0 saturated carbocycles. The van der Waals surface area contributed by atoms with E-state index in [0.717, 1.165) is 11.3 Å². The lowest BCUT2D eigenvalue weighted by Crippen LogP contribution is -2.11. The molecule has 1 heterocycles. The van der Waals surface area contributed by atoms with Crippen LogP contribution in [0.5, 0.6) is 0 Å². The Bertz CT molecular complexity index is 568. The minimum atomic E-state index is -0.240. The number of rotatable bonds is 2. The van der Waals surface area contributed by atoms with Crippen molar-refractivity contribution in [3.63, 3.8) is 0 Å². The molecule has 3 heteroatoms. The highest BCUT2D eigenvalue weighted by molar-refractivity contribution is 5.60. The van der Waals surface area contributed by atoms with Crippen LogP contribution in [0.3, 0.4) is 0 Å². The van der Waals surface area contributed by atoms with Crippen molar-refractivity contribution in [2.45, 2.75) is 19.8 Å². The molecular weight excluding hydrogens is 212 g/mol. The van der Waals surface area contributed by atoms with Gasteiger partial charge in [0.2, 0.25) is 0 Å². The molecule has 2 aromatic rings. The van der Waals surface area contributed by atoms with Crippen LogP contribution in [-0.4, -0.2) is 4.98 Å². The maximum Gasteiger partial charge on any atom is 0.271 e. The molecule has 0 saturated heterocycles. The van der Waals surface area contributed by atoms with Gasteiger partial charge in [-0.25, -0.2) is 0 Å². The first kappa shape index (κ1) is 11.5. The number of aromatic nitrogens is 1. The molecule has 1 aromatic carbocycles. The van der Waals surface area contributed by atoms with Gasteiger partial charge in [-0.05, 0) is 29.2 Å². The standard InChI is InChI=1S/C14H16N2O/c1-9(2)10-3-5-11(6-4-10)13-8-7-12(15)14(17)16-13/h3-9H,15H2,1-2H3,(H,16,17). The van der Waals surface area contributed by atoms with Gasteiger partial charge >= 0.3 is 0 Å². The van der Waals surface area contributed by atoms with Gasteiger partial charge < -0.3 is 10.7 Å². The Morgan fingerprint density at radius 1 is 1.06 bits per heavy atom.